The third-order valence-electron chi connectivity index (χ3n) is 4.65. The lowest BCUT2D eigenvalue weighted by Gasteiger charge is -2.27. The summed E-state index contributed by atoms with van der Waals surface area (Å²) in [6.45, 7) is 9.80. The average molecular weight is 372 g/mol. The summed E-state index contributed by atoms with van der Waals surface area (Å²) in [5, 5.41) is 2.82. The van der Waals surface area contributed by atoms with E-state index in [1.54, 1.807) is 13.8 Å². The molecule has 0 unspecified atom stereocenters. The zero-order chi connectivity index (χ0) is 19.6. The number of hydrogen-bond acceptors (Lipinski definition) is 7. The summed E-state index contributed by atoms with van der Waals surface area (Å²) in [6, 6.07) is 0. The van der Waals surface area contributed by atoms with E-state index in [2.05, 4.69) is 25.2 Å². The standard InChI is InChI=1S/C18H24N6O3/c1-11-12(2)19-10-24(17(11)26)9-15(25)22-16-13(3)20-18(21-14(16)4)23-5-7-27-8-6-23/h10H,5-9H2,1-4H3,(H,22,25). The smallest absolute Gasteiger partial charge is 0.256 e. The predicted molar refractivity (Wildman–Crippen MR) is 101 cm³/mol. The van der Waals surface area contributed by atoms with Gasteiger partial charge in [0.15, 0.2) is 0 Å². The van der Waals surface area contributed by atoms with Crippen molar-refractivity contribution in [2.75, 3.05) is 36.5 Å². The zero-order valence-electron chi connectivity index (χ0n) is 16.1. The Morgan fingerprint density at radius 2 is 1.74 bits per heavy atom. The van der Waals surface area contributed by atoms with Crippen molar-refractivity contribution in [3.63, 3.8) is 0 Å². The van der Waals surface area contributed by atoms with Crippen LogP contribution in [0.3, 0.4) is 0 Å². The molecule has 0 atom stereocenters. The van der Waals surface area contributed by atoms with Crippen LogP contribution in [0.25, 0.3) is 0 Å². The second-order valence-electron chi connectivity index (χ2n) is 6.61. The largest absolute Gasteiger partial charge is 0.378 e. The molecule has 3 heterocycles. The number of amides is 1. The molecule has 0 saturated carbocycles. The monoisotopic (exact) mass is 372 g/mol. The van der Waals surface area contributed by atoms with Crippen molar-refractivity contribution in [2.45, 2.75) is 34.2 Å². The van der Waals surface area contributed by atoms with E-state index in [1.165, 1.54) is 10.9 Å². The first-order valence-corrected chi connectivity index (χ1v) is 8.87. The highest BCUT2D eigenvalue weighted by molar-refractivity contribution is 5.91. The first-order valence-electron chi connectivity index (χ1n) is 8.87. The van der Waals surface area contributed by atoms with Gasteiger partial charge in [0.2, 0.25) is 11.9 Å². The maximum atomic E-state index is 12.4. The van der Waals surface area contributed by atoms with Crippen molar-refractivity contribution >= 4 is 17.5 Å². The predicted octanol–water partition coefficient (Wildman–Crippen LogP) is 0.742. The van der Waals surface area contributed by atoms with Crippen molar-refractivity contribution in [3.05, 3.63) is 39.3 Å². The summed E-state index contributed by atoms with van der Waals surface area (Å²) in [4.78, 5) is 39.9. The topological polar surface area (TPSA) is 102 Å². The van der Waals surface area contributed by atoms with E-state index in [0.717, 1.165) is 13.1 Å². The van der Waals surface area contributed by atoms with E-state index in [-0.39, 0.29) is 18.0 Å². The van der Waals surface area contributed by atoms with Crippen LogP contribution in [-0.4, -0.2) is 51.7 Å². The van der Waals surface area contributed by atoms with Gasteiger partial charge in [-0.05, 0) is 27.7 Å². The van der Waals surface area contributed by atoms with Gasteiger partial charge in [0, 0.05) is 24.3 Å². The number of nitrogens with one attached hydrogen (secondary N) is 1. The Morgan fingerprint density at radius 1 is 1.11 bits per heavy atom. The number of carbonyl (C=O) groups is 1. The molecule has 1 amide bonds. The van der Waals surface area contributed by atoms with Crippen molar-refractivity contribution < 1.29 is 9.53 Å². The maximum absolute atomic E-state index is 12.4. The molecule has 1 N–H and O–H groups in total. The molecule has 2 aromatic rings. The molecule has 144 valence electrons. The van der Waals surface area contributed by atoms with Crippen LogP contribution in [0, 0.1) is 27.7 Å². The van der Waals surface area contributed by atoms with Crippen LogP contribution in [-0.2, 0) is 16.1 Å². The summed E-state index contributed by atoms with van der Waals surface area (Å²) in [5.41, 5.74) is 2.92. The zero-order valence-corrected chi connectivity index (χ0v) is 16.1. The van der Waals surface area contributed by atoms with Crippen LogP contribution in [0.4, 0.5) is 11.6 Å². The van der Waals surface area contributed by atoms with Gasteiger partial charge >= 0.3 is 0 Å². The highest BCUT2D eigenvalue weighted by Crippen LogP contribution is 2.21. The molecular formula is C18H24N6O3. The van der Waals surface area contributed by atoms with Gasteiger partial charge in [-0.15, -0.1) is 0 Å². The number of nitrogens with zero attached hydrogens (tertiary/aromatic N) is 5. The first kappa shape index (κ1) is 19.0. The second-order valence-corrected chi connectivity index (χ2v) is 6.61. The number of anilines is 2. The minimum atomic E-state index is -0.323. The van der Waals surface area contributed by atoms with E-state index in [1.807, 2.05) is 13.8 Å². The molecule has 0 aromatic carbocycles. The molecule has 2 aromatic heterocycles. The minimum absolute atomic E-state index is 0.114. The highest BCUT2D eigenvalue weighted by Gasteiger charge is 2.18. The van der Waals surface area contributed by atoms with Gasteiger partial charge in [-0.25, -0.2) is 15.0 Å². The molecule has 3 rings (SSSR count). The van der Waals surface area contributed by atoms with Gasteiger partial charge in [0.1, 0.15) is 6.54 Å². The number of hydrogen-bond donors (Lipinski definition) is 1. The number of morpholine rings is 1. The normalized spacial score (nSPS) is 14.3. The van der Waals surface area contributed by atoms with Crippen molar-refractivity contribution in [2.24, 2.45) is 0 Å². The highest BCUT2D eigenvalue weighted by atomic mass is 16.5. The third-order valence-corrected chi connectivity index (χ3v) is 4.65. The van der Waals surface area contributed by atoms with E-state index in [9.17, 15) is 9.59 Å². The molecule has 27 heavy (non-hydrogen) atoms. The number of aryl methyl sites for hydroxylation is 3. The van der Waals surface area contributed by atoms with Gasteiger partial charge in [0.25, 0.3) is 5.56 Å². The Bertz CT molecular complexity index is 895. The molecule has 0 spiro atoms. The van der Waals surface area contributed by atoms with Crippen LogP contribution >= 0.6 is 0 Å². The Labute approximate surface area is 157 Å². The van der Waals surface area contributed by atoms with Gasteiger partial charge in [-0.2, -0.15) is 0 Å². The lowest BCUT2D eigenvalue weighted by Crippen LogP contribution is -2.37. The van der Waals surface area contributed by atoms with E-state index in [4.69, 9.17) is 4.74 Å². The molecule has 1 aliphatic heterocycles. The van der Waals surface area contributed by atoms with Crippen molar-refractivity contribution in [1.29, 1.82) is 0 Å². The summed E-state index contributed by atoms with van der Waals surface area (Å²) < 4.78 is 6.65. The lowest BCUT2D eigenvalue weighted by molar-refractivity contribution is -0.116. The second kappa shape index (κ2) is 7.83. The first-order chi connectivity index (χ1) is 12.9. The lowest BCUT2D eigenvalue weighted by atomic mass is 10.2. The van der Waals surface area contributed by atoms with Gasteiger partial charge in [-0.1, -0.05) is 0 Å². The number of ether oxygens (including phenoxy) is 1. The quantitative estimate of drug-likeness (QED) is 0.844. The summed E-state index contributed by atoms with van der Waals surface area (Å²) in [7, 11) is 0. The third kappa shape index (κ3) is 4.13. The van der Waals surface area contributed by atoms with E-state index >= 15 is 0 Å². The summed E-state index contributed by atoms with van der Waals surface area (Å²) in [6.07, 6.45) is 1.39. The van der Waals surface area contributed by atoms with Crippen molar-refractivity contribution in [3.8, 4) is 0 Å². The number of aromatic nitrogens is 4. The number of carbonyl (C=O) groups excluding carboxylic acids is 1. The van der Waals surface area contributed by atoms with Crippen LogP contribution in [0.15, 0.2) is 11.1 Å². The van der Waals surface area contributed by atoms with Crippen molar-refractivity contribution in [1.82, 2.24) is 19.5 Å². The molecular weight excluding hydrogens is 348 g/mol. The Hall–Kier alpha value is -2.81. The van der Waals surface area contributed by atoms with Gasteiger partial charge in [-0.3, -0.25) is 14.2 Å². The number of rotatable bonds is 4. The van der Waals surface area contributed by atoms with E-state index < -0.39 is 0 Å². The Morgan fingerprint density at radius 3 is 2.37 bits per heavy atom. The van der Waals surface area contributed by atoms with Crippen LogP contribution < -0.4 is 15.8 Å². The summed E-state index contributed by atoms with van der Waals surface area (Å²) >= 11 is 0. The van der Waals surface area contributed by atoms with Gasteiger partial charge < -0.3 is 15.0 Å². The molecule has 0 bridgehead atoms. The molecule has 9 heteroatoms. The fraction of sp³-hybridized carbons (Fsp3) is 0.500. The minimum Gasteiger partial charge on any atom is -0.378 e. The van der Waals surface area contributed by atoms with Crippen LogP contribution in [0.2, 0.25) is 0 Å². The average Bonchev–Trinajstić information content (AvgIpc) is 2.66. The maximum Gasteiger partial charge on any atom is 0.256 e. The summed E-state index contributed by atoms with van der Waals surface area (Å²) in [5.74, 6) is 0.317. The molecule has 0 radical (unpaired) electrons. The molecule has 1 fully saturated rings. The molecule has 0 aliphatic carbocycles. The Kier molecular flexibility index (Phi) is 5.50. The van der Waals surface area contributed by atoms with E-state index in [0.29, 0.717) is 47.5 Å². The molecule has 9 nitrogen and oxygen atoms in total. The van der Waals surface area contributed by atoms with Crippen LogP contribution in [0.1, 0.15) is 22.6 Å². The SMILES string of the molecule is Cc1nc(N2CCOCC2)nc(C)c1NC(=O)Cn1cnc(C)c(C)c1=O. The van der Waals surface area contributed by atoms with Gasteiger partial charge in [0.05, 0.1) is 36.6 Å². The van der Waals surface area contributed by atoms with Crippen LogP contribution in [0.5, 0.6) is 0 Å². The fourth-order valence-electron chi connectivity index (χ4n) is 2.91. The molecule has 1 aliphatic rings. The molecule has 1 saturated heterocycles. The fourth-order valence-corrected chi connectivity index (χ4v) is 2.91. The Balaban J connectivity index is 1.76.